The number of alkyl halides is 1. The first-order valence-corrected chi connectivity index (χ1v) is 6.70. The molecule has 1 aromatic rings. The lowest BCUT2D eigenvalue weighted by atomic mass is 10.00. The molecule has 1 rings (SSSR count). The van der Waals surface area contributed by atoms with Gasteiger partial charge >= 0.3 is 0 Å². The van der Waals surface area contributed by atoms with Crippen LogP contribution in [0.2, 0.25) is 0 Å². The third-order valence-corrected chi connectivity index (χ3v) is 4.46. The first kappa shape index (κ1) is 11.3. The standard InChI is InChI=1S/C11H17BrS/c1-3-5-9(2)11(12)8-10-6-4-7-13-10/h4,6-7,9,11H,3,5,8H2,1-2H3. The topological polar surface area (TPSA) is 0 Å². The van der Waals surface area contributed by atoms with Gasteiger partial charge < -0.3 is 0 Å². The van der Waals surface area contributed by atoms with Gasteiger partial charge in [-0.3, -0.25) is 0 Å². The Morgan fingerprint density at radius 1 is 1.54 bits per heavy atom. The molecule has 0 saturated carbocycles. The molecule has 13 heavy (non-hydrogen) atoms. The second-order valence-electron chi connectivity index (χ2n) is 3.57. The molecule has 0 aliphatic rings. The van der Waals surface area contributed by atoms with Crippen LogP contribution in [0.1, 0.15) is 31.6 Å². The Hall–Kier alpha value is 0.180. The maximum atomic E-state index is 3.77. The summed E-state index contributed by atoms with van der Waals surface area (Å²) in [5, 5.41) is 2.15. The lowest BCUT2D eigenvalue weighted by Gasteiger charge is -2.16. The van der Waals surface area contributed by atoms with E-state index in [0.29, 0.717) is 4.83 Å². The van der Waals surface area contributed by atoms with E-state index < -0.39 is 0 Å². The third-order valence-electron chi connectivity index (χ3n) is 2.34. The van der Waals surface area contributed by atoms with Gasteiger partial charge in [0.25, 0.3) is 0 Å². The molecule has 0 radical (unpaired) electrons. The van der Waals surface area contributed by atoms with E-state index in [1.54, 1.807) is 0 Å². The number of thiophene rings is 1. The van der Waals surface area contributed by atoms with E-state index in [1.807, 2.05) is 11.3 Å². The molecule has 0 nitrogen and oxygen atoms in total. The van der Waals surface area contributed by atoms with E-state index >= 15 is 0 Å². The molecule has 0 spiro atoms. The number of halogens is 1. The molecule has 0 aromatic carbocycles. The van der Waals surface area contributed by atoms with Crippen molar-refractivity contribution in [3.8, 4) is 0 Å². The highest BCUT2D eigenvalue weighted by Crippen LogP contribution is 2.23. The van der Waals surface area contributed by atoms with Crippen molar-refractivity contribution < 1.29 is 0 Å². The summed E-state index contributed by atoms with van der Waals surface area (Å²) < 4.78 is 0. The van der Waals surface area contributed by atoms with E-state index in [2.05, 4.69) is 47.3 Å². The van der Waals surface area contributed by atoms with Crippen molar-refractivity contribution in [3.63, 3.8) is 0 Å². The molecule has 2 heteroatoms. The average Bonchev–Trinajstić information content (AvgIpc) is 2.57. The largest absolute Gasteiger partial charge is 0.149 e. The molecule has 2 unspecified atom stereocenters. The third kappa shape index (κ3) is 3.82. The zero-order valence-corrected chi connectivity index (χ0v) is 10.7. The van der Waals surface area contributed by atoms with Gasteiger partial charge in [0.1, 0.15) is 0 Å². The van der Waals surface area contributed by atoms with Gasteiger partial charge in [-0.2, -0.15) is 0 Å². The van der Waals surface area contributed by atoms with Crippen LogP contribution in [-0.2, 0) is 6.42 Å². The van der Waals surface area contributed by atoms with E-state index in [-0.39, 0.29) is 0 Å². The Kier molecular flexibility index (Phi) is 5.04. The van der Waals surface area contributed by atoms with Gasteiger partial charge in [0.05, 0.1) is 0 Å². The predicted molar refractivity (Wildman–Crippen MR) is 64.8 cm³/mol. The van der Waals surface area contributed by atoms with Gasteiger partial charge in [-0.1, -0.05) is 42.3 Å². The van der Waals surface area contributed by atoms with Gasteiger partial charge in [-0.15, -0.1) is 11.3 Å². The fourth-order valence-corrected chi connectivity index (χ4v) is 3.05. The van der Waals surface area contributed by atoms with Crippen LogP contribution in [0.15, 0.2) is 17.5 Å². The summed E-state index contributed by atoms with van der Waals surface area (Å²) in [6.45, 7) is 4.58. The summed E-state index contributed by atoms with van der Waals surface area (Å²) in [5.74, 6) is 0.784. The van der Waals surface area contributed by atoms with Crippen LogP contribution in [0.4, 0.5) is 0 Å². The van der Waals surface area contributed by atoms with Gasteiger partial charge in [0, 0.05) is 9.70 Å². The minimum atomic E-state index is 0.645. The summed E-state index contributed by atoms with van der Waals surface area (Å²) in [6, 6.07) is 4.35. The molecule has 0 N–H and O–H groups in total. The Labute approximate surface area is 93.5 Å². The van der Waals surface area contributed by atoms with Gasteiger partial charge in [-0.25, -0.2) is 0 Å². The molecular weight excluding hydrogens is 244 g/mol. The Balaban J connectivity index is 2.36. The fraction of sp³-hybridized carbons (Fsp3) is 0.636. The van der Waals surface area contributed by atoms with Crippen LogP contribution in [0.25, 0.3) is 0 Å². The molecular formula is C11H17BrS. The van der Waals surface area contributed by atoms with Crippen LogP contribution in [-0.4, -0.2) is 4.83 Å². The average molecular weight is 261 g/mol. The number of rotatable bonds is 5. The SMILES string of the molecule is CCCC(C)C(Br)Cc1cccs1. The maximum absolute atomic E-state index is 3.77. The Morgan fingerprint density at radius 2 is 2.31 bits per heavy atom. The molecule has 2 atom stereocenters. The Morgan fingerprint density at radius 3 is 2.85 bits per heavy atom. The summed E-state index contributed by atoms with van der Waals surface area (Å²) in [6.07, 6.45) is 3.79. The van der Waals surface area contributed by atoms with Crippen molar-refractivity contribution in [3.05, 3.63) is 22.4 Å². The monoisotopic (exact) mass is 260 g/mol. The van der Waals surface area contributed by atoms with Gasteiger partial charge in [0.2, 0.25) is 0 Å². The first-order chi connectivity index (χ1) is 6.24. The van der Waals surface area contributed by atoms with Crippen LogP contribution >= 0.6 is 27.3 Å². The zero-order valence-electron chi connectivity index (χ0n) is 8.29. The quantitative estimate of drug-likeness (QED) is 0.685. The highest BCUT2D eigenvalue weighted by molar-refractivity contribution is 9.09. The van der Waals surface area contributed by atoms with Gasteiger partial charge in [0.15, 0.2) is 0 Å². The molecule has 0 amide bonds. The predicted octanol–water partition coefficient (Wildman–Crippen LogP) is 4.49. The Bertz CT molecular complexity index is 218. The second-order valence-corrected chi connectivity index (χ2v) is 5.77. The van der Waals surface area contributed by atoms with Crippen molar-refractivity contribution >= 4 is 27.3 Å². The first-order valence-electron chi connectivity index (χ1n) is 4.90. The smallest absolute Gasteiger partial charge is 0.0219 e. The normalized spacial score (nSPS) is 15.6. The number of hydrogen-bond acceptors (Lipinski definition) is 1. The van der Waals surface area contributed by atoms with Crippen LogP contribution in [0, 0.1) is 5.92 Å². The number of hydrogen-bond donors (Lipinski definition) is 0. The zero-order chi connectivity index (χ0) is 9.68. The lowest BCUT2D eigenvalue weighted by Crippen LogP contribution is -2.12. The molecule has 74 valence electrons. The van der Waals surface area contributed by atoms with Gasteiger partial charge in [-0.05, 0) is 30.2 Å². The van der Waals surface area contributed by atoms with E-state index in [9.17, 15) is 0 Å². The molecule has 1 heterocycles. The molecule has 0 fully saturated rings. The minimum Gasteiger partial charge on any atom is -0.149 e. The second kappa shape index (κ2) is 5.82. The summed E-state index contributed by atoms with van der Waals surface area (Å²) in [7, 11) is 0. The van der Waals surface area contributed by atoms with E-state index in [0.717, 1.165) is 5.92 Å². The highest BCUT2D eigenvalue weighted by atomic mass is 79.9. The summed E-state index contributed by atoms with van der Waals surface area (Å²) in [5.41, 5.74) is 0. The van der Waals surface area contributed by atoms with Crippen molar-refractivity contribution in [1.29, 1.82) is 0 Å². The fourth-order valence-electron chi connectivity index (χ4n) is 1.46. The highest BCUT2D eigenvalue weighted by Gasteiger charge is 2.13. The minimum absolute atomic E-state index is 0.645. The molecule has 0 bridgehead atoms. The van der Waals surface area contributed by atoms with Crippen molar-refractivity contribution in [2.24, 2.45) is 5.92 Å². The molecule has 0 aliphatic heterocycles. The van der Waals surface area contributed by atoms with Crippen LogP contribution in [0.5, 0.6) is 0 Å². The van der Waals surface area contributed by atoms with Crippen molar-refractivity contribution in [1.82, 2.24) is 0 Å². The molecule has 0 saturated heterocycles. The van der Waals surface area contributed by atoms with Crippen LogP contribution in [0.3, 0.4) is 0 Å². The van der Waals surface area contributed by atoms with E-state index in [1.165, 1.54) is 24.1 Å². The lowest BCUT2D eigenvalue weighted by molar-refractivity contribution is 0.507. The summed E-state index contributed by atoms with van der Waals surface area (Å²) in [4.78, 5) is 2.14. The maximum Gasteiger partial charge on any atom is 0.0219 e. The van der Waals surface area contributed by atoms with Crippen molar-refractivity contribution in [2.45, 2.75) is 37.9 Å². The van der Waals surface area contributed by atoms with Crippen molar-refractivity contribution in [2.75, 3.05) is 0 Å². The molecule has 1 aromatic heterocycles. The summed E-state index contributed by atoms with van der Waals surface area (Å²) >= 11 is 5.63. The van der Waals surface area contributed by atoms with E-state index in [4.69, 9.17) is 0 Å². The molecule has 0 aliphatic carbocycles. The van der Waals surface area contributed by atoms with Crippen LogP contribution < -0.4 is 0 Å².